The molecule has 0 radical (unpaired) electrons. The Kier molecular flexibility index (Phi) is 19.3. The van der Waals surface area contributed by atoms with Gasteiger partial charge in [0, 0.05) is 10.8 Å². The van der Waals surface area contributed by atoms with Gasteiger partial charge in [0.25, 0.3) is 0 Å². The second-order valence-corrected chi connectivity index (χ2v) is 28.7. The van der Waals surface area contributed by atoms with E-state index in [1.54, 1.807) is 0 Å². The fourth-order valence-corrected chi connectivity index (χ4v) is 17.8. The Hall–Kier alpha value is -1.30. The molecule has 9 fully saturated rings. The highest BCUT2D eigenvalue weighted by molar-refractivity contribution is 5.34. The molecule has 16 N–H and O–H groups in total. The fourth-order valence-electron chi connectivity index (χ4n) is 17.8. The highest BCUT2D eigenvalue weighted by Crippen LogP contribution is 2.76. The largest absolute Gasteiger partial charge is 0.396 e. The van der Waals surface area contributed by atoms with Crippen molar-refractivity contribution in [2.24, 2.45) is 50.2 Å². The Morgan fingerprint density at radius 1 is 0.471 bits per heavy atom. The van der Waals surface area contributed by atoms with E-state index in [0.29, 0.717) is 25.7 Å². The molecule has 10 aliphatic rings. The van der Waals surface area contributed by atoms with Crippen molar-refractivity contribution in [2.45, 2.75) is 273 Å². The van der Waals surface area contributed by atoms with E-state index in [1.807, 2.05) is 6.92 Å². The van der Waals surface area contributed by atoms with Crippen LogP contribution >= 0.6 is 0 Å². The van der Waals surface area contributed by atoms with Gasteiger partial charge in [0.2, 0.25) is 0 Å². The lowest BCUT2D eigenvalue weighted by Crippen LogP contribution is -2.68. The van der Waals surface area contributed by atoms with E-state index in [-0.39, 0.29) is 52.6 Å². The minimum Gasteiger partial charge on any atom is -0.396 e. The van der Waals surface area contributed by atoms with Crippen LogP contribution in [-0.4, -0.2) is 274 Å². The molecule has 85 heavy (non-hydrogen) atoms. The van der Waals surface area contributed by atoms with Crippen LogP contribution in [0.3, 0.4) is 0 Å². The summed E-state index contributed by atoms with van der Waals surface area (Å²) in [6.07, 6.45) is -31.0. The molecule has 26 heteroatoms. The van der Waals surface area contributed by atoms with Gasteiger partial charge >= 0.3 is 0 Å². The summed E-state index contributed by atoms with van der Waals surface area (Å²) in [5.74, 6) is 0.0484. The van der Waals surface area contributed by atoms with Crippen molar-refractivity contribution in [1.82, 2.24) is 0 Å². The molecule has 490 valence electrons. The van der Waals surface area contributed by atoms with E-state index in [9.17, 15) is 81.7 Å². The average Bonchev–Trinajstić information content (AvgIpc) is 0.777. The zero-order valence-corrected chi connectivity index (χ0v) is 50.0. The first kappa shape index (κ1) is 66.6. The topological polar surface area (TPSA) is 416 Å². The summed E-state index contributed by atoms with van der Waals surface area (Å²) in [6.45, 7) is 14.4. The zero-order valence-electron chi connectivity index (χ0n) is 50.0. The van der Waals surface area contributed by atoms with Crippen molar-refractivity contribution in [3.8, 4) is 0 Å². The summed E-state index contributed by atoms with van der Waals surface area (Å²) >= 11 is 0. The molecule has 0 aromatic rings. The molecule has 0 unspecified atom stereocenters. The molecule has 34 atom stereocenters. The third kappa shape index (κ3) is 11.2. The van der Waals surface area contributed by atoms with Crippen LogP contribution in [0.1, 0.15) is 113 Å². The summed E-state index contributed by atoms with van der Waals surface area (Å²) in [7, 11) is 0. The van der Waals surface area contributed by atoms with E-state index in [2.05, 4.69) is 47.6 Å². The van der Waals surface area contributed by atoms with E-state index >= 15 is 0 Å². The van der Waals surface area contributed by atoms with Gasteiger partial charge in [0.15, 0.2) is 31.5 Å². The zero-order chi connectivity index (χ0) is 62.0. The van der Waals surface area contributed by atoms with Crippen LogP contribution in [0.4, 0.5) is 0 Å². The molecule has 5 aliphatic carbocycles. The van der Waals surface area contributed by atoms with E-state index in [1.165, 1.54) is 12.5 Å². The molecule has 5 heterocycles. The summed E-state index contributed by atoms with van der Waals surface area (Å²) in [5, 5.41) is 174. The van der Waals surface area contributed by atoms with Crippen LogP contribution in [0.2, 0.25) is 0 Å². The van der Waals surface area contributed by atoms with Crippen LogP contribution in [0.15, 0.2) is 11.6 Å². The van der Waals surface area contributed by atoms with Crippen LogP contribution in [-0.2, 0) is 47.4 Å². The second kappa shape index (κ2) is 24.6. The third-order valence-corrected chi connectivity index (χ3v) is 23.4. The van der Waals surface area contributed by atoms with Crippen molar-refractivity contribution < 1.29 is 129 Å². The van der Waals surface area contributed by atoms with Gasteiger partial charge in [0.1, 0.15) is 110 Å². The average molecular weight is 1220 g/mol. The molecule has 26 nitrogen and oxygen atoms in total. The van der Waals surface area contributed by atoms with Crippen LogP contribution in [0.25, 0.3) is 0 Å². The van der Waals surface area contributed by atoms with Gasteiger partial charge < -0.3 is 129 Å². The maximum Gasteiger partial charge on any atom is 0.187 e. The summed E-state index contributed by atoms with van der Waals surface area (Å²) < 4.78 is 61.8. The highest BCUT2D eigenvalue weighted by atomic mass is 16.8. The molecule has 0 spiro atoms. The van der Waals surface area contributed by atoms with Crippen molar-refractivity contribution in [3.63, 3.8) is 0 Å². The quantitative estimate of drug-likeness (QED) is 0.0605. The first-order chi connectivity index (χ1) is 39.9. The number of aliphatic hydroxyl groups excluding tert-OH is 16. The van der Waals surface area contributed by atoms with Crippen molar-refractivity contribution in [3.05, 3.63) is 11.6 Å². The van der Waals surface area contributed by atoms with Crippen LogP contribution in [0, 0.1) is 50.2 Å². The van der Waals surface area contributed by atoms with Crippen LogP contribution < -0.4 is 0 Å². The first-order valence-electron chi connectivity index (χ1n) is 30.7. The SMILES string of the molecule is C[C@@H]1O[C@H](O[C@@H]2[C@@H](O[C@@H]3[C@@H](O[C@H]4CC[C@@]5(C)[C@@H](CC[C@]6(C)[C@@H]5CC=C5[C@H]7CC(C)(C)C[C@@H](O[C@H]8OC[C@H](O)[C@@H](O)[C@@H]8O[C@H]8O[C@@H](CO)[C@H](O)[C@@H](O)[C@@H]8O)[C@@]7(C)CC[C@]56C)[C@]4(C)CO)O[C@@H](CO)[C@H](O)[C@H]3O)O[C@@H](CO)[C@H](O)[C@H]2O)[C@@H](O)[C@H](O)[C@H]1O. The van der Waals surface area contributed by atoms with Crippen molar-refractivity contribution >= 4 is 0 Å². The normalized spacial score (nSPS) is 56.2. The predicted molar refractivity (Wildman–Crippen MR) is 289 cm³/mol. The number of hydrogen-bond donors (Lipinski definition) is 16. The molecular formula is C59H98O26. The lowest BCUT2D eigenvalue weighted by molar-refractivity contribution is -0.398. The van der Waals surface area contributed by atoms with E-state index in [4.69, 9.17) is 47.4 Å². The lowest BCUT2D eigenvalue weighted by atomic mass is 9.33. The molecule has 5 saturated heterocycles. The molecule has 4 saturated carbocycles. The van der Waals surface area contributed by atoms with Gasteiger partial charge in [-0.2, -0.15) is 0 Å². The summed E-state index contributed by atoms with van der Waals surface area (Å²) in [5.41, 5.74) is -1.16. The molecule has 0 aromatic carbocycles. The van der Waals surface area contributed by atoms with Gasteiger partial charge in [-0.25, -0.2) is 0 Å². The Labute approximate surface area is 495 Å². The highest BCUT2D eigenvalue weighted by Gasteiger charge is 2.70. The number of fused-ring (bicyclic) bond motifs is 7. The van der Waals surface area contributed by atoms with Gasteiger partial charge in [-0.1, -0.05) is 60.1 Å². The smallest absolute Gasteiger partial charge is 0.187 e. The van der Waals surface area contributed by atoms with Crippen molar-refractivity contribution in [2.75, 3.05) is 33.0 Å². The lowest BCUT2D eigenvalue weighted by Gasteiger charge is -2.72. The number of aliphatic hydroxyl groups is 16. The number of hydrogen-bond acceptors (Lipinski definition) is 26. The first-order valence-corrected chi connectivity index (χ1v) is 30.7. The van der Waals surface area contributed by atoms with E-state index < -0.39 is 190 Å². The van der Waals surface area contributed by atoms with Gasteiger partial charge in [0.05, 0.1) is 51.3 Å². The standard InChI is InChI=1S/C59H98O26/c1-24-35(65)40(70)44(74)49(77-24)84-48-43(73)39(69)30(21-62)80-53(48)85-47-42(72)38(68)29(20-61)79-52(47)81-33-12-13-56(5)31(57(33,6)23-63)11-14-59(8)32(56)10-9-25-26-17-54(2,3)18-34(55(26,4)15-16-58(25,59)7)82-51-46(36(66)27(64)22-76-51)83-50-45(75)41(71)37(67)28(19-60)78-50/h9,24,26-53,60-75H,10-23H2,1-8H3/t24-,26+,27-,28-,29-,30-,31+,32+,33-,34+,35-,36+,37-,38-,39-,40+,41+,42+,43+,44-,45-,46-,47-,48-,49+,50+,51+,52+,53+,55-,56-,57-,58+,59+/m0/s1. The Balaban J connectivity index is 0.890. The maximum absolute atomic E-state index is 11.8. The van der Waals surface area contributed by atoms with E-state index in [0.717, 1.165) is 32.1 Å². The number of allylic oxidation sites excluding steroid dienone is 2. The molecule has 5 aliphatic heterocycles. The van der Waals surface area contributed by atoms with Gasteiger partial charge in [-0.15, -0.1) is 0 Å². The second-order valence-electron chi connectivity index (χ2n) is 28.7. The molecule has 10 rings (SSSR count). The minimum absolute atomic E-state index is 0.0443. The molecule has 0 bridgehead atoms. The summed E-state index contributed by atoms with van der Waals surface area (Å²) in [6, 6.07) is 0. The Morgan fingerprint density at radius 3 is 1.55 bits per heavy atom. The Bertz CT molecular complexity index is 2320. The van der Waals surface area contributed by atoms with Gasteiger partial charge in [-0.05, 0) is 104 Å². The van der Waals surface area contributed by atoms with Gasteiger partial charge in [-0.3, -0.25) is 0 Å². The fraction of sp³-hybridized carbons (Fsp3) is 0.966. The van der Waals surface area contributed by atoms with Crippen LogP contribution in [0.5, 0.6) is 0 Å². The molecular weight excluding hydrogens is 1120 g/mol. The third-order valence-electron chi connectivity index (χ3n) is 23.4. The molecule has 0 amide bonds. The predicted octanol–water partition coefficient (Wildman–Crippen LogP) is -3.10. The monoisotopic (exact) mass is 1220 g/mol. The molecule has 0 aromatic heterocycles. The number of ether oxygens (including phenoxy) is 10. The number of rotatable bonds is 14. The summed E-state index contributed by atoms with van der Waals surface area (Å²) in [4.78, 5) is 0. The van der Waals surface area contributed by atoms with Crippen molar-refractivity contribution in [1.29, 1.82) is 0 Å². The Morgan fingerprint density at radius 2 is 0.976 bits per heavy atom. The minimum atomic E-state index is -1.90. The maximum atomic E-state index is 11.8.